The molecule has 0 bridgehead atoms. The van der Waals surface area contributed by atoms with Gasteiger partial charge in [0, 0.05) is 0 Å². The van der Waals surface area contributed by atoms with E-state index in [9.17, 15) is 0 Å². The molecule has 0 aromatic heterocycles. The predicted molar refractivity (Wildman–Crippen MR) is 17.9 cm³/mol. The summed E-state index contributed by atoms with van der Waals surface area (Å²) in [6.07, 6.45) is 0. The molecule has 3 N–H and O–H groups in total. The molecular weight excluding hydrogens is 159 g/mol. The average molecular weight is 162 g/mol. The summed E-state index contributed by atoms with van der Waals surface area (Å²) in [7, 11) is 0. The van der Waals surface area contributed by atoms with E-state index in [1.807, 2.05) is 0 Å². The fourth-order valence-corrected chi connectivity index (χ4v) is 0. The first-order chi connectivity index (χ1) is 3.64. The quantitative estimate of drug-likeness (QED) is 0.142. The van der Waals surface area contributed by atoms with Crippen LogP contribution in [0.1, 0.15) is 0 Å². The van der Waals surface area contributed by atoms with Gasteiger partial charge in [-0.25, -0.2) is 4.79 Å². The molecule has 0 aromatic rings. The minimum absolute atomic E-state index is 0. The van der Waals surface area contributed by atoms with Gasteiger partial charge in [-0.15, -0.1) is 0 Å². The first-order valence-electron chi connectivity index (χ1n) is 1.29. The van der Waals surface area contributed by atoms with Gasteiger partial charge in [0.2, 0.25) is 0 Å². The summed E-state index contributed by atoms with van der Waals surface area (Å²) >= 11 is 0. The van der Waals surface area contributed by atoms with Crippen molar-refractivity contribution in [3.8, 4) is 0 Å². The molecular formula is C2H3KO6. The van der Waals surface area contributed by atoms with Crippen molar-refractivity contribution in [3.63, 3.8) is 0 Å². The van der Waals surface area contributed by atoms with Gasteiger partial charge in [-0.3, -0.25) is 10.5 Å². The molecule has 9 heavy (non-hydrogen) atoms. The van der Waals surface area contributed by atoms with Gasteiger partial charge in [-0.05, 0) is 0 Å². The molecule has 0 spiro atoms. The molecule has 48 valence electrons. The van der Waals surface area contributed by atoms with Crippen LogP contribution < -0.4 is 56.5 Å². The van der Waals surface area contributed by atoms with Crippen LogP contribution >= 0.6 is 0 Å². The number of carboxylic acids is 2. The molecule has 0 fully saturated rings. The minimum atomic E-state index is -2.07. The molecule has 0 heterocycles. The number of hydrogen-bond acceptors (Lipinski definition) is 5. The van der Waals surface area contributed by atoms with E-state index in [2.05, 4.69) is 0 Å². The van der Waals surface area contributed by atoms with Gasteiger partial charge < -0.3 is 15.0 Å². The third-order valence-electron chi connectivity index (χ3n) is 0.175. The van der Waals surface area contributed by atoms with Crippen molar-refractivity contribution in [2.24, 2.45) is 0 Å². The van der Waals surface area contributed by atoms with E-state index >= 15 is 0 Å². The molecule has 0 aliphatic carbocycles. The Bertz CT molecular complexity index is 77.1. The number of carbonyl (C=O) groups excluding carboxylic acids is 1. The van der Waals surface area contributed by atoms with Gasteiger partial charge in [0.25, 0.3) is 0 Å². The summed E-state index contributed by atoms with van der Waals surface area (Å²) in [5.74, 6) is -4.01. The van der Waals surface area contributed by atoms with E-state index in [4.69, 9.17) is 30.3 Å². The van der Waals surface area contributed by atoms with Crippen LogP contribution in [0.25, 0.3) is 0 Å². The molecule has 0 aliphatic rings. The van der Waals surface area contributed by atoms with E-state index in [-0.39, 0.29) is 51.4 Å². The Morgan fingerprint density at radius 1 is 1.22 bits per heavy atom. The van der Waals surface area contributed by atoms with Gasteiger partial charge in [0.05, 0.1) is 0 Å². The van der Waals surface area contributed by atoms with Crippen molar-refractivity contribution < 1.29 is 81.7 Å². The Kier molecular flexibility index (Phi) is 20.4. The molecule has 0 saturated carbocycles. The Morgan fingerprint density at radius 2 is 1.33 bits per heavy atom. The zero-order valence-corrected chi connectivity index (χ0v) is 7.69. The van der Waals surface area contributed by atoms with Crippen LogP contribution in [-0.2, 0) is 9.59 Å². The maximum Gasteiger partial charge on any atom is 1.00 e. The van der Waals surface area contributed by atoms with Crippen LogP contribution in [0, 0.1) is 0 Å². The van der Waals surface area contributed by atoms with Crippen molar-refractivity contribution in [1.82, 2.24) is 0 Å². The number of carbonyl (C=O) groups is 2. The van der Waals surface area contributed by atoms with Crippen molar-refractivity contribution in [1.29, 1.82) is 0 Å². The van der Waals surface area contributed by atoms with Crippen molar-refractivity contribution in [2.75, 3.05) is 0 Å². The Morgan fingerprint density at radius 3 is 1.33 bits per heavy atom. The molecule has 0 aromatic carbocycles. The first-order valence-corrected chi connectivity index (χ1v) is 1.29. The Hall–Kier alpha value is 0.496. The third-order valence-corrected chi connectivity index (χ3v) is 0.175. The molecule has 0 radical (unpaired) electrons. The topological polar surface area (TPSA) is 118 Å². The van der Waals surface area contributed by atoms with Crippen LogP contribution in [-0.4, -0.2) is 27.6 Å². The number of carboxylic acid groups (broad SMARTS) is 2. The minimum Gasteiger partial charge on any atom is -0.539 e. The van der Waals surface area contributed by atoms with Gasteiger partial charge in [0.1, 0.15) is 0 Å². The molecule has 0 unspecified atom stereocenters. The fraction of sp³-hybridized carbons (Fsp3) is 0. The number of rotatable bonds is 0. The van der Waals surface area contributed by atoms with Crippen LogP contribution in [0.4, 0.5) is 0 Å². The monoisotopic (exact) mass is 162 g/mol. The van der Waals surface area contributed by atoms with E-state index in [0.717, 1.165) is 0 Å². The zero-order chi connectivity index (χ0) is 7.15. The third kappa shape index (κ3) is 17.7. The van der Waals surface area contributed by atoms with Gasteiger partial charge in [0.15, 0.2) is 5.97 Å². The Balaban J connectivity index is -0.000000109. The number of aliphatic carboxylic acids is 2. The molecule has 0 atom stereocenters. The van der Waals surface area contributed by atoms with Gasteiger partial charge in [-0.1, -0.05) is 0 Å². The second-order valence-electron chi connectivity index (χ2n) is 0.593. The zero-order valence-electron chi connectivity index (χ0n) is 4.57. The van der Waals surface area contributed by atoms with Crippen LogP contribution in [0.15, 0.2) is 0 Å². The van der Waals surface area contributed by atoms with Crippen LogP contribution in [0.3, 0.4) is 0 Å². The Labute approximate surface area is 92.5 Å². The summed E-state index contributed by atoms with van der Waals surface area (Å²) in [6.45, 7) is 0. The van der Waals surface area contributed by atoms with Crippen molar-refractivity contribution in [2.45, 2.75) is 0 Å². The fourth-order valence-electron chi connectivity index (χ4n) is 0. The molecule has 0 amide bonds. The molecule has 0 aliphatic heterocycles. The van der Waals surface area contributed by atoms with E-state index in [1.54, 1.807) is 0 Å². The largest absolute Gasteiger partial charge is 1.00 e. The maximum absolute atomic E-state index is 9.04. The van der Waals surface area contributed by atoms with Gasteiger partial charge in [-0.2, -0.15) is 0 Å². The average Bonchev–Trinajstić information content (AvgIpc) is 1.72. The SMILES string of the molecule is O=C([O-])C(=O)O.OO.[K+]. The smallest absolute Gasteiger partial charge is 0.539 e. The summed E-state index contributed by atoms with van der Waals surface area (Å²) in [4.78, 5) is 18.0. The summed E-state index contributed by atoms with van der Waals surface area (Å²) in [5.41, 5.74) is 0. The summed E-state index contributed by atoms with van der Waals surface area (Å²) in [6, 6.07) is 0. The van der Waals surface area contributed by atoms with Crippen LogP contribution in [0.5, 0.6) is 0 Å². The summed E-state index contributed by atoms with van der Waals surface area (Å²) < 4.78 is 0. The molecule has 7 heteroatoms. The second-order valence-corrected chi connectivity index (χ2v) is 0.593. The second kappa shape index (κ2) is 11.3. The van der Waals surface area contributed by atoms with Crippen molar-refractivity contribution in [3.05, 3.63) is 0 Å². The van der Waals surface area contributed by atoms with Crippen LogP contribution in [0.2, 0.25) is 0 Å². The summed E-state index contributed by atoms with van der Waals surface area (Å²) in [5, 5.41) is 28.3. The first kappa shape index (κ1) is 16.2. The molecule has 0 rings (SSSR count). The standard InChI is InChI=1S/C2H2O4.K.H2O2/c3-1(4)2(5)6;;1-2/h(H,3,4)(H,5,6);;1-2H/q;+1;/p-1. The number of hydrogen-bond donors (Lipinski definition) is 3. The maximum atomic E-state index is 9.04. The van der Waals surface area contributed by atoms with Gasteiger partial charge >= 0.3 is 57.4 Å². The predicted octanol–water partition coefficient (Wildman–Crippen LogP) is -5.16. The van der Waals surface area contributed by atoms with E-state index < -0.39 is 11.9 Å². The molecule has 6 nitrogen and oxygen atoms in total. The van der Waals surface area contributed by atoms with Crippen molar-refractivity contribution >= 4 is 11.9 Å². The molecule has 0 saturated heterocycles. The van der Waals surface area contributed by atoms with E-state index in [0.29, 0.717) is 0 Å². The van der Waals surface area contributed by atoms with E-state index in [1.165, 1.54) is 0 Å². The normalized spacial score (nSPS) is 5.56.